The van der Waals surface area contributed by atoms with E-state index in [1.807, 2.05) is 0 Å². The molecule has 2 unspecified atom stereocenters. The first-order valence-corrected chi connectivity index (χ1v) is 5.92. The van der Waals surface area contributed by atoms with Gasteiger partial charge in [0.1, 0.15) is 11.6 Å². The number of carboxylic acids is 1. The molecule has 1 heterocycles. The molecule has 6 heteroatoms. The van der Waals surface area contributed by atoms with Gasteiger partial charge < -0.3 is 10.0 Å². The smallest absolute Gasteiger partial charge is 0.309 e. The maximum Gasteiger partial charge on any atom is 0.309 e. The fraction of sp³-hybridized carbons (Fsp3) is 0.385. The topological polar surface area (TPSA) is 57.6 Å². The van der Waals surface area contributed by atoms with Crippen LogP contribution in [0.5, 0.6) is 0 Å². The highest BCUT2D eigenvalue weighted by Gasteiger charge is 2.44. The van der Waals surface area contributed by atoms with Crippen LogP contribution in [-0.4, -0.2) is 28.4 Å². The second-order valence-electron chi connectivity index (χ2n) is 4.48. The summed E-state index contributed by atoms with van der Waals surface area (Å²) in [6.45, 7) is 2.00. The van der Waals surface area contributed by atoms with Gasteiger partial charge in [-0.15, -0.1) is 0 Å². The SMILES string of the molecule is CCN1C(=O)CC(C(=O)O)C1c1cc(F)cc(F)c1. The normalized spacial score (nSPS) is 22.9. The summed E-state index contributed by atoms with van der Waals surface area (Å²) in [4.78, 5) is 24.3. The fourth-order valence-corrected chi connectivity index (χ4v) is 2.54. The van der Waals surface area contributed by atoms with E-state index in [1.165, 1.54) is 4.90 Å². The largest absolute Gasteiger partial charge is 0.481 e. The highest BCUT2D eigenvalue weighted by molar-refractivity contribution is 5.87. The number of carbonyl (C=O) groups is 2. The van der Waals surface area contributed by atoms with Crippen LogP contribution in [0.3, 0.4) is 0 Å². The summed E-state index contributed by atoms with van der Waals surface area (Å²) in [5, 5.41) is 9.15. The Labute approximate surface area is 108 Å². The Morgan fingerprint density at radius 1 is 1.37 bits per heavy atom. The van der Waals surface area contributed by atoms with Gasteiger partial charge in [0.2, 0.25) is 5.91 Å². The number of carboxylic acid groups (broad SMARTS) is 1. The summed E-state index contributed by atoms with van der Waals surface area (Å²) in [5.41, 5.74) is 0.178. The molecule has 0 radical (unpaired) electrons. The molecular formula is C13H13F2NO3. The van der Waals surface area contributed by atoms with Crippen LogP contribution in [0.2, 0.25) is 0 Å². The van der Waals surface area contributed by atoms with Crippen molar-refractivity contribution in [1.82, 2.24) is 4.90 Å². The number of nitrogens with zero attached hydrogens (tertiary/aromatic N) is 1. The molecule has 0 saturated carbocycles. The zero-order chi connectivity index (χ0) is 14.2. The second-order valence-corrected chi connectivity index (χ2v) is 4.48. The van der Waals surface area contributed by atoms with Gasteiger partial charge >= 0.3 is 5.97 Å². The van der Waals surface area contributed by atoms with Crippen molar-refractivity contribution in [3.8, 4) is 0 Å². The molecule has 102 valence electrons. The average Bonchev–Trinajstić information content (AvgIpc) is 2.64. The lowest BCUT2D eigenvalue weighted by Gasteiger charge is -2.26. The fourth-order valence-electron chi connectivity index (χ4n) is 2.54. The van der Waals surface area contributed by atoms with Crippen molar-refractivity contribution in [2.24, 2.45) is 5.92 Å². The van der Waals surface area contributed by atoms with Crippen molar-refractivity contribution in [3.05, 3.63) is 35.4 Å². The van der Waals surface area contributed by atoms with E-state index in [0.717, 1.165) is 12.1 Å². The minimum Gasteiger partial charge on any atom is -0.481 e. The molecule has 0 aromatic heterocycles. The Balaban J connectivity index is 2.47. The average molecular weight is 269 g/mol. The summed E-state index contributed by atoms with van der Waals surface area (Å²) in [7, 11) is 0. The van der Waals surface area contributed by atoms with E-state index in [0.29, 0.717) is 12.6 Å². The first kappa shape index (κ1) is 13.5. The molecule has 0 bridgehead atoms. The number of rotatable bonds is 3. The molecule has 1 aromatic carbocycles. The van der Waals surface area contributed by atoms with Crippen molar-refractivity contribution in [1.29, 1.82) is 0 Å². The third-order valence-corrected chi connectivity index (χ3v) is 3.32. The zero-order valence-corrected chi connectivity index (χ0v) is 10.3. The van der Waals surface area contributed by atoms with Crippen LogP contribution in [0, 0.1) is 17.6 Å². The van der Waals surface area contributed by atoms with Gasteiger partial charge in [-0.05, 0) is 24.6 Å². The Kier molecular flexibility index (Phi) is 3.50. The number of halogens is 2. The van der Waals surface area contributed by atoms with Crippen molar-refractivity contribution in [2.45, 2.75) is 19.4 Å². The van der Waals surface area contributed by atoms with Gasteiger partial charge in [0.15, 0.2) is 0 Å². The molecule has 0 aliphatic carbocycles. The van der Waals surface area contributed by atoms with Gasteiger partial charge in [0, 0.05) is 19.0 Å². The van der Waals surface area contributed by atoms with Crippen molar-refractivity contribution in [2.75, 3.05) is 6.54 Å². The van der Waals surface area contributed by atoms with Gasteiger partial charge in [-0.1, -0.05) is 0 Å². The lowest BCUT2D eigenvalue weighted by Crippen LogP contribution is -2.30. The quantitative estimate of drug-likeness (QED) is 0.912. The molecule has 4 nitrogen and oxygen atoms in total. The van der Waals surface area contributed by atoms with Gasteiger partial charge in [-0.3, -0.25) is 9.59 Å². The van der Waals surface area contributed by atoms with Crippen LogP contribution in [-0.2, 0) is 9.59 Å². The van der Waals surface area contributed by atoms with Crippen molar-refractivity contribution in [3.63, 3.8) is 0 Å². The summed E-state index contributed by atoms with van der Waals surface area (Å²) >= 11 is 0. The number of amides is 1. The van der Waals surface area contributed by atoms with E-state index >= 15 is 0 Å². The van der Waals surface area contributed by atoms with E-state index in [2.05, 4.69) is 0 Å². The number of benzene rings is 1. The minimum absolute atomic E-state index is 0.147. The minimum atomic E-state index is -1.14. The van der Waals surface area contributed by atoms with E-state index in [9.17, 15) is 18.4 Å². The molecular weight excluding hydrogens is 256 g/mol. The Morgan fingerprint density at radius 2 is 1.95 bits per heavy atom. The monoisotopic (exact) mass is 269 g/mol. The number of aliphatic carboxylic acids is 1. The molecule has 0 spiro atoms. The molecule has 1 N–H and O–H groups in total. The maximum absolute atomic E-state index is 13.2. The summed E-state index contributed by atoms with van der Waals surface area (Å²) < 4.78 is 26.5. The second kappa shape index (κ2) is 4.95. The Bertz CT molecular complexity index is 512. The van der Waals surface area contributed by atoms with Gasteiger partial charge in [0.05, 0.1) is 12.0 Å². The number of carbonyl (C=O) groups excluding carboxylic acids is 1. The Hall–Kier alpha value is -1.98. The molecule has 2 rings (SSSR count). The molecule has 2 atom stereocenters. The highest BCUT2D eigenvalue weighted by atomic mass is 19.1. The van der Waals surface area contributed by atoms with Crippen molar-refractivity contribution < 1.29 is 23.5 Å². The van der Waals surface area contributed by atoms with Crippen LogP contribution in [0.25, 0.3) is 0 Å². The van der Waals surface area contributed by atoms with E-state index in [4.69, 9.17) is 5.11 Å². The van der Waals surface area contributed by atoms with Crippen LogP contribution in [0.15, 0.2) is 18.2 Å². The van der Waals surface area contributed by atoms with Gasteiger partial charge in [-0.25, -0.2) is 8.78 Å². The number of hydrogen-bond acceptors (Lipinski definition) is 2. The van der Waals surface area contributed by atoms with E-state index in [-0.39, 0.29) is 17.9 Å². The highest BCUT2D eigenvalue weighted by Crippen LogP contribution is 2.38. The first-order chi connectivity index (χ1) is 8.93. The lowest BCUT2D eigenvalue weighted by molar-refractivity contribution is -0.142. The lowest BCUT2D eigenvalue weighted by atomic mass is 9.93. The first-order valence-electron chi connectivity index (χ1n) is 5.92. The molecule has 1 amide bonds. The Morgan fingerprint density at radius 3 is 2.42 bits per heavy atom. The molecule has 1 saturated heterocycles. The van der Waals surface area contributed by atoms with E-state index in [1.54, 1.807) is 6.92 Å². The molecule has 1 aliphatic rings. The maximum atomic E-state index is 13.2. The van der Waals surface area contributed by atoms with Crippen LogP contribution >= 0.6 is 0 Å². The number of hydrogen-bond donors (Lipinski definition) is 1. The van der Waals surface area contributed by atoms with Gasteiger partial charge in [-0.2, -0.15) is 0 Å². The summed E-state index contributed by atoms with van der Waals surface area (Å²) in [5.74, 6) is -4.00. The molecule has 1 aromatic rings. The third kappa shape index (κ3) is 2.43. The standard InChI is InChI=1S/C13H13F2NO3/c1-2-16-11(17)6-10(13(18)19)12(16)7-3-8(14)5-9(15)4-7/h3-5,10,12H,2,6H2,1H3,(H,18,19). The summed E-state index contributed by atoms with van der Waals surface area (Å²) in [6, 6.07) is 2.04. The predicted molar refractivity (Wildman–Crippen MR) is 62.2 cm³/mol. The molecule has 1 fully saturated rings. The molecule has 19 heavy (non-hydrogen) atoms. The van der Waals surface area contributed by atoms with E-state index < -0.39 is 29.6 Å². The summed E-state index contributed by atoms with van der Waals surface area (Å²) in [6.07, 6.45) is -0.147. The van der Waals surface area contributed by atoms with Crippen LogP contribution in [0.4, 0.5) is 8.78 Å². The van der Waals surface area contributed by atoms with Crippen LogP contribution < -0.4 is 0 Å². The molecule has 1 aliphatic heterocycles. The van der Waals surface area contributed by atoms with Crippen LogP contribution in [0.1, 0.15) is 24.9 Å². The zero-order valence-electron chi connectivity index (χ0n) is 10.3. The van der Waals surface area contributed by atoms with Gasteiger partial charge in [0.25, 0.3) is 0 Å². The predicted octanol–water partition coefficient (Wildman–Crippen LogP) is 1.96. The van der Waals surface area contributed by atoms with Crippen molar-refractivity contribution >= 4 is 11.9 Å². The number of likely N-dealkylation sites (tertiary alicyclic amines) is 1. The third-order valence-electron chi connectivity index (χ3n) is 3.32.